The van der Waals surface area contributed by atoms with Crippen LogP contribution < -0.4 is 0 Å². The predicted octanol–water partition coefficient (Wildman–Crippen LogP) is -0.730. The number of halogens is 1. The van der Waals surface area contributed by atoms with Gasteiger partial charge in [0, 0.05) is 45.7 Å². The van der Waals surface area contributed by atoms with E-state index in [0.29, 0.717) is 39.3 Å². The summed E-state index contributed by atoms with van der Waals surface area (Å²) in [6.07, 6.45) is 0.292. The highest BCUT2D eigenvalue weighted by atomic mass is 127. The molecule has 0 amide bonds. The molecule has 26 heavy (non-hydrogen) atoms. The van der Waals surface area contributed by atoms with Crippen molar-refractivity contribution in [3.05, 3.63) is 0 Å². The first kappa shape index (κ1) is 22.7. The van der Waals surface area contributed by atoms with Crippen molar-refractivity contribution in [1.29, 1.82) is 0 Å². The van der Waals surface area contributed by atoms with Crippen molar-refractivity contribution in [2.75, 3.05) is 52.4 Å². The summed E-state index contributed by atoms with van der Waals surface area (Å²) in [5, 5.41) is 27.6. The van der Waals surface area contributed by atoms with E-state index in [1.807, 2.05) is 0 Å². The van der Waals surface area contributed by atoms with Crippen LogP contribution in [0, 0.1) is 0 Å². The Morgan fingerprint density at radius 2 is 1.23 bits per heavy atom. The molecular weight excluding hydrogens is 461 g/mol. The zero-order chi connectivity index (χ0) is 19.7. The second-order valence-corrected chi connectivity index (χ2v) is 7.33. The van der Waals surface area contributed by atoms with Crippen LogP contribution in [0.3, 0.4) is 0 Å². The number of carbonyl (C=O) groups is 4. The molecule has 1 unspecified atom stereocenters. The molecule has 1 fully saturated rings. The van der Waals surface area contributed by atoms with E-state index in [4.69, 9.17) is 10.2 Å². The molecule has 1 aliphatic rings. The maximum absolute atomic E-state index is 11.6. The van der Waals surface area contributed by atoms with Gasteiger partial charge < -0.3 is 15.3 Å². The van der Waals surface area contributed by atoms with Crippen molar-refractivity contribution in [1.82, 2.24) is 14.7 Å². The number of aliphatic carboxylic acids is 3. The Labute approximate surface area is 164 Å². The molecular formula is C15H24IN3O7. The van der Waals surface area contributed by atoms with Crippen LogP contribution in [0.15, 0.2) is 0 Å². The van der Waals surface area contributed by atoms with Gasteiger partial charge in [0.1, 0.15) is 6.04 Å². The van der Waals surface area contributed by atoms with Crippen molar-refractivity contribution in [3.63, 3.8) is 0 Å². The van der Waals surface area contributed by atoms with Crippen LogP contribution in [0.2, 0.25) is 0 Å². The lowest BCUT2D eigenvalue weighted by atomic mass is 10.1. The third-order valence-corrected chi connectivity index (χ3v) is 4.74. The van der Waals surface area contributed by atoms with E-state index in [-0.39, 0.29) is 29.7 Å². The molecule has 0 aromatic rings. The zero-order valence-electron chi connectivity index (χ0n) is 14.3. The third kappa shape index (κ3) is 8.87. The van der Waals surface area contributed by atoms with Crippen LogP contribution in [0.5, 0.6) is 0 Å². The van der Waals surface area contributed by atoms with Gasteiger partial charge in [-0.3, -0.25) is 33.9 Å². The molecule has 1 saturated heterocycles. The number of rotatable bonds is 9. The summed E-state index contributed by atoms with van der Waals surface area (Å²) in [7, 11) is 0. The van der Waals surface area contributed by atoms with Crippen LogP contribution >= 0.6 is 22.6 Å². The van der Waals surface area contributed by atoms with Crippen molar-refractivity contribution in [2.24, 2.45) is 0 Å². The number of carbonyl (C=O) groups excluding carboxylic acids is 1. The molecule has 0 bridgehead atoms. The first-order valence-corrected chi connectivity index (χ1v) is 9.30. The van der Waals surface area contributed by atoms with Gasteiger partial charge in [-0.2, -0.15) is 0 Å². The van der Waals surface area contributed by atoms with E-state index in [1.165, 1.54) is 0 Å². The van der Waals surface area contributed by atoms with Gasteiger partial charge in [0.25, 0.3) is 0 Å². The van der Waals surface area contributed by atoms with Gasteiger partial charge in [-0.15, -0.1) is 0 Å². The van der Waals surface area contributed by atoms with Gasteiger partial charge in [0.05, 0.1) is 13.1 Å². The fraction of sp³-hybridized carbons (Fsp3) is 0.733. The van der Waals surface area contributed by atoms with Gasteiger partial charge in [0.15, 0.2) is 3.79 Å². The highest BCUT2D eigenvalue weighted by Gasteiger charge is 2.28. The highest BCUT2D eigenvalue weighted by molar-refractivity contribution is 14.1. The minimum Gasteiger partial charge on any atom is -0.480 e. The minimum atomic E-state index is -1.04. The van der Waals surface area contributed by atoms with Gasteiger partial charge >= 0.3 is 17.9 Å². The monoisotopic (exact) mass is 485 g/mol. The Hall–Kier alpha value is -1.31. The second-order valence-electron chi connectivity index (χ2n) is 6.12. The first-order chi connectivity index (χ1) is 12.2. The first-order valence-electron chi connectivity index (χ1n) is 8.22. The molecule has 1 aliphatic heterocycles. The molecule has 1 heterocycles. The van der Waals surface area contributed by atoms with Crippen LogP contribution in [-0.4, -0.2) is 110 Å². The lowest BCUT2D eigenvalue weighted by Gasteiger charge is -2.30. The van der Waals surface area contributed by atoms with E-state index in [0.717, 1.165) is 0 Å². The fourth-order valence-corrected chi connectivity index (χ4v) is 3.19. The predicted molar refractivity (Wildman–Crippen MR) is 99.4 cm³/mol. The summed E-state index contributed by atoms with van der Waals surface area (Å²) < 4.78 is -0.127. The molecule has 0 spiro atoms. The molecule has 10 nitrogen and oxygen atoms in total. The molecule has 0 aromatic carbocycles. The summed E-state index contributed by atoms with van der Waals surface area (Å²) in [5.74, 6) is -3.03. The van der Waals surface area contributed by atoms with Crippen LogP contribution in [-0.2, 0) is 19.2 Å². The average Bonchev–Trinajstić information content (AvgIpc) is 2.59. The lowest BCUT2D eigenvalue weighted by molar-refractivity contribution is -0.144. The summed E-state index contributed by atoms with van der Waals surface area (Å²) >= 11 is 1.63. The van der Waals surface area contributed by atoms with E-state index >= 15 is 0 Å². The maximum Gasteiger partial charge on any atom is 0.320 e. The molecule has 0 radical (unpaired) electrons. The lowest BCUT2D eigenvalue weighted by Crippen LogP contribution is -2.47. The largest absolute Gasteiger partial charge is 0.480 e. The Morgan fingerprint density at radius 1 is 0.808 bits per heavy atom. The Balaban J connectivity index is 2.90. The van der Waals surface area contributed by atoms with E-state index in [2.05, 4.69) is 0 Å². The molecule has 1 rings (SSSR count). The van der Waals surface area contributed by atoms with Crippen molar-refractivity contribution in [3.8, 4) is 0 Å². The summed E-state index contributed by atoms with van der Waals surface area (Å²) in [4.78, 5) is 49.9. The normalized spacial score (nSPS) is 19.1. The van der Waals surface area contributed by atoms with Crippen LogP contribution in [0.1, 0.15) is 12.8 Å². The average molecular weight is 485 g/mol. The molecule has 3 N–H and O–H groups in total. The standard InChI is InChI=1S/C15H24IN3O7/c16-12(20)2-1-11(15(25)26)19-7-5-17(9-13(21)22)3-4-18(6-8-19)10-14(23)24/h11H,1-10H2,(H,21,22)(H,23,24)(H,25,26). The molecule has 0 aliphatic carbocycles. The molecule has 11 heteroatoms. The van der Waals surface area contributed by atoms with Gasteiger partial charge in [-0.1, -0.05) is 0 Å². The SMILES string of the molecule is O=C(O)CN1CCN(CC(=O)O)CCN(C(CCC(=O)I)C(=O)O)CC1. The highest BCUT2D eigenvalue weighted by Crippen LogP contribution is 2.12. The molecule has 0 saturated carbocycles. The van der Waals surface area contributed by atoms with E-state index in [1.54, 1.807) is 37.3 Å². The molecule has 0 aromatic heterocycles. The van der Waals surface area contributed by atoms with Gasteiger partial charge in [-0.25, -0.2) is 0 Å². The van der Waals surface area contributed by atoms with Crippen molar-refractivity contribution < 1.29 is 34.5 Å². The number of nitrogens with zero attached hydrogens (tertiary/aromatic N) is 3. The van der Waals surface area contributed by atoms with E-state index in [9.17, 15) is 24.3 Å². The maximum atomic E-state index is 11.6. The topological polar surface area (TPSA) is 139 Å². The Kier molecular flexibility index (Phi) is 9.98. The number of hydrogen-bond acceptors (Lipinski definition) is 7. The smallest absolute Gasteiger partial charge is 0.320 e. The van der Waals surface area contributed by atoms with Crippen LogP contribution in [0.25, 0.3) is 0 Å². The minimum absolute atomic E-state index is 0.127. The summed E-state index contributed by atoms with van der Waals surface area (Å²) in [5.41, 5.74) is 0. The third-order valence-electron chi connectivity index (χ3n) is 4.20. The van der Waals surface area contributed by atoms with Crippen molar-refractivity contribution in [2.45, 2.75) is 18.9 Å². The summed E-state index contributed by atoms with van der Waals surface area (Å²) in [6.45, 7) is 1.76. The van der Waals surface area contributed by atoms with Gasteiger partial charge in [0.2, 0.25) is 0 Å². The Bertz CT molecular complexity index is 503. The Morgan fingerprint density at radius 3 is 1.58 bits per heavy atom. The number of hydrogen-bond donors (Lipinski definition) is 3. The molecule has 148 valence electrons. The summed E-state index contributed by atoms with van der Waals surface area (Å²) in [6, 6.07) is -0.870. The zero-order valence-corrected chi connectivity index (χ0v) is 16.5. The number of carboxylic acid groups (broad SMARTS) is 3. The number of carboxylic acids is 3. The fourth-order valence-electron chi connectivity index (χ4n) is 2.88. The molecule has 1 atom stereocenters. The second kappa shape index (κ2) is 11.4. The quantitative estimate of drug-likeness (QED) is 0.283. The van der Waals surface area contributed by atoms with Crippen molar-refractivity contribution >= 4 is 44.3 Å². The van der Waals surface area contributed by atoms with E-state index < -0.39 is 23.9 Å². The van der Waals surface area contributed by atoms with Gasteiger partial charge in [-0.05, 0) is 29.0 Å². The van der Waals surface area contributed by atoms with Crippen LogP contribution in [0.4, 0.5) is 0 Å².